The van der Waals surface area contributed by atoms with E-state index in [2.05, 4.69) is 70.2 Å². The van der Waals surface area contributed by atoms with Crippen LogP contribution in [-0.2, 0) is 0 Å². The summed E-state index contributed by atoms with van der Waals surface area (Å²) in [6.07, 6.45) is 19.4. The van der Waals surface area contributed by atoms with Crippen molar-refractivity contribution in [2.24, 2.45) is 23.7 Å². The first-order chi connectivity index (χ1) is 12.3. The molecule has 0 aliphatic heterocycles. The SMILES string of the molecule is CC(=CCI)CCCC(C)CCCC(C)CCCC(C)CCCC(C)C. The van der Waals surface area contributed by atoms with E-state index in [-0.39, 0.29) is 0 Å². The Bertz CT molecular complexity index is 331. The lowest BCUT2D eigenvalue weighted by Gasteiger charge is -2.16. The third-order valence-corrected chi connectivity index (χ3v) is 6.40. The summed E-state index contributed by atoms with van der Waals surface area (Å²) >= 11 is 2.44. The topological polar surface area (TPSA) is 0 Å². The molecule has 0 aromatic carbocycles. The first-order valence-electron chi connectivity index (χ1n) is 11.6. The van der Waals surface area contributed by atoms with E-state index in [1.807, 2.05) is 0 Å². The minimum Gasteiger partial charge on any atom is -0.0818 e. The lowest BCUT2D eigenvalue weighted by molar-refractivity contribution is 0.372. The van der Waals surface area contributed by atoms with Gasteiger partial charge in [-0.25, -0.2) is 0 Å². The van der Waals surface area contributed by atoms with Crippen LogP contribution in [0.25, 0.3) is 0 Å². The van der Waals surface area contributed by atoms with Crippen molar-refractivity contribution < 1.29 is 0 Å². The molecule has 0 amide bonds. The Morgan fingerprint density at radius 3 is 1.42 bits per heavy atom. The van der Waals surface area contributed by atoms with Crippen LogP contribution < -0.4 is 0 Å². The van der Waals surface area contributed by atoms with Crippen molar-refractivity contribution in [1.29, 1.82) is 0 Å². The summed E-state index contributed by atoms with van der Waals surface area (Å²) in [6, 6.07) is 0. The maximum absolute atomic E-state index is 2.48. The van der Waals surface area contributed by atoms with E-state index < -0.39 is 0 Å². The zero-order valence-electron chi connectivity index (χ0n) is 19.0. The van der Waals surface area contributed by atoms with Crippen LogP contribution in [-0.4, -0.2) is 4.43 Å². The van der Waals surface area contributed by atoms with Crippen LogP contribution in [0.5, 0.6) is 0 Å². The molecule has 0 radical (unpaired) electrons. The number of halogens is 1. The average molecular weight is 477 g/mol. The smallest absolute Gasteiger partial charge is 0.0178 e. The molecule has 0 aromatic heterocycles. The first-order valence-corrected chi connectivity index (χ1v) is 13.1. The molecule has 0 aromatic rings. The zero-order valence-corrected chi connectivity index (χ0v) is 21.1. The summed E-state index contributed by atoms with van der Waals surface area (Å²) in [4.78, 5) is 0. The molecule has 0 spiro atoms. The van der Waals surface area contributed by atoms with Crippen molar-refractivity contribution in [3.8, 4) is 0 Å². The molecule has 0 bridgehead atoms. The van der Waals surface area contributed by atoms with Gasteiger partial charge in [0.25, 0.3) is 0 Å². The number of rotatable bonds is 17. The second kappa shape index (κ2) is 17.6. The fourth-order valence-corrected chi connectivity index (χ4v) is 4.65. The van der Waals surface area contributed by atoms with Crippen molar-refractivity contribution >= 4 is 22.6 Å². The molecule has 26 heavy (non-hydrogen) atoms. The molecule has 156 valence electrons. The highest BCUT2D eigenvalue weighted by Gasteiger charge is 2.08. The van der Waals surface area contributed by atoms with Gasteiger partial charge in [-0.2, -0.15) is 0 Å². The summed E-state index contributed by atoms with van der Waals surface area (Å²) in [5, 5.41) is 0. The first kappa shape index (κ1) is 26.5. The van der Waals surface area contributed by atoms with E-state index in [4.69, 9.17) is 0 Å². The van der Waals surface area contributed by atoms with Crippen LogP contribution in [0, 0.1) is 23.7 Å². The Hall–Kier alpha value is 0.470. The minimum atomic E-state index is 0.876. The monoisotopic (exact) mass is 476 g/mol. The maximum Gasteiger partial charge on any atom is 0.0178 e. The van der Waals surface area contributed by atoms with Gasteiger partial charge in [0.05, 0.1) is 0 Å². The molecular weight excluding hydrogens is 427 g/mol. The molecule has 0 nitrogen and oxygen atoms in total. The van der Waals surface area contributed by atoms with Gasteiger partial charge in [0.2, 0.25) is 0 Å². The average Bonchev–Trinajstić information content (AvgIpc) is 2.54. The standard InChI is InChI=1S/C25H49I/c1-21(2)11-7-12-22(3)13-8-14-23(4)15-9-16-24(5)17-10-18-25(6)19-20-26/h19,21-24H,7-18,20H2,1-6H3. The van der Waals surface area contributed by atoms with E-state index in [0.29, 0.717) is 0 Å². The van der Waals surface area contributed by atoms with Gasteiger partial charge in [-0.1, -0.05) is 133 Å². The van der Waals surface area contributed by atoms with Crippen molar-refractivity contribution in [2.45, 2.75) is 119 Å². The van der Waals surface area contributed by atoms with Crippen LogP contribution in [0.4, 0.5) is 0 Å². The quantitative estimate of drug-likeness (QED) is 0.111. The second-order valence-corrected chi connectivity index (χ2v) is 10.5. The molecule has 0 N–H and O–H groups in total. The summed E-state index contributed by atoms with van der Waals surface area (Å²) in [7, 11) is 0. The Morgan fingerprint density at radius 2 is 1.04 bits per heavy atom. The van der Waals surface area contributed by atoms with E-state index >= 15 is 0 Å². The van der Waals surface area contributed by atoms with E-state index in [9.17, 15) is 0 Å². The van der Waals surface area contributed by atoms with Gasteiger partial charge >= 0.3 is 0 Å². The Balaban J connectivity index is 3.58. The normalized spacial score (nSPS) is 16.1. The van der Waals surface area contributed by atoms with Crippen molar-refractivity contribution in [1.82, 2.24) is 0 Å². The molecule has 3 atom stereocenters. The molecule has 0 rings (SSSR count). The van der Waals surface area contributed by atoms with Crippen LogP contribution in [0.2, 0.25) is 0 Å². The van der Waals surface area contributed by atoms with Gasteiger partial charge < -0.3 is 0 Å². The number of hydrogen-bond donors (Lipinski definition) is 0. The molecule has 0 fully saturated rings. The predicted octanol–water partition coefficient (Wildman–Crippen LogP) is 9.61. The van der Waals surface area contributed by atoms with Crippen molar-refractivity contribution in [3.05, 3.63) is 11.6 Å². The van der Waals surface area contributed by atoms with Gasteiger partial charge in [0.15, 0.2) is 0 Å². The Kier molecular flexibility index (Phi) is 17.9. The molecule has 0 aliphatic rings. The van der Waals surface area contributed by atoms with Crippen molar-refractivity contribution in [2.75, 3.05) is 4.43 Å². The molecule has 0 saturated heterocycles. The number of hydrogen-bond acceptors (Lipinski definition) is 0. The highest BCUT2D eigenvalue weighted by Crippen LogP contribution is 2.23. The Morgan fingerprint density at radius 1 is 0.654 bits per heavy atom. The van der Waals surface area contributed by atoms with Crippen LogP contribution in [0.15, 0.2) is 11.6 Å². The Labute approximate surface area is 180 Å². The zero-order chi connectivity index (χ0) is 19.8. The van der Waals surface area contributed by atoms with Gasteiger partial charge in [0, 0.05) is 4.43 Å². The maximum atomic E-state index is 2.48. The van der Waals surface area contributed by atoms with Gasteiger partial charge in [-0.15, -0.1) is 0 Å². The number of allylic oxidation sites excluding steroid dienone is 2. The third kappa shape index (κ3) is 17.9. The molecular formula is C25H49I. The minimum absolute atomic E-state index is 0.876. The fourth-order valence-electron chi connectivity index (χ4n) is 3.90. The number of alkyl halides is 1. The van der Waals surface area contributed by atoms with Gasteiger partial charge in [0.1, 0.15) is 0 Å². The lowest BCUT2D eigenvalue weighted by Crippen LogP contribution is -2.01. The highest BCUT2D eigenvalue weighted by atomic mass is 127. The van der Waals surface area contributed by atoms with E-state index in [0.717, 1.165) is 28.1 Å². The van der Waals surface area contributed by atoms with Crippen LogP contribution >= 0.6 is 22.6 Å². The lowest BCUT2D eigenvalue weighted by atomic mass is 9.90. The van der Waals surface area contributed by atoms with Gasteiger partial charge in [-0.05, 0) is 43.4 Å². The van der Waals surface area contributed by atoms with Crippen LogP contribution in [0.1, 0.15) is 119 Å². The van der Waals surface area contributed by atoms with E-state index in [1.54, 1.807) is 5.57 Å². The second-order valence-electron chi connectivity index (χ2n) is 9.60. The van der Waals surface area contributed by atoms with Crippen LogP contribution in [0.3, 0.4) is 0 Å². The largest absolute Gasteiger partial charge is 0.0818 e. The van der Waals surface area contributed by atoms with E-state index in [1.165, 1.54) is 77.0 Å². The summed E-state index contributed by atoms with van der Waals surface area (Å²) < 4.78 is 1.16. The summed E-state index contributed by atoms with van der Waals surface area (Å²) in [5.74, 6) is 3.65. The molecule has 0 aliphatic carbocycles. The third-order valence-electron chi connectivity index (χ3n) is 5.96. The molecule has 0 saturated carbocycles. The fraction of sp³-hybridized carbons (Fsp3) is 0.920. The molecule has 1 heteroatoms. The molecule has 3 unspecified atom stereocenters. The predicted molar refractivity (Wildman–Crippen MR) is 130 cm³/mol. The highest BCUT2D eigenvalue weighted by molar-refractivity contribution is 14.1. The van der Waals surface area contributed by atoms with Crippen molar-refractivity contribution in [3.63, 3.8) is 0 Å². The summed E-state index contributed by atoms with van der Waals surface area (Å²) in [6.45, 7) is 14.4. The molecule has 0 heterocycles. The summed E-state index contributed by atoms with van der Waals surface area (Å²) in [5.41, 5.74) is 1.58. The van der Waals surface area contributed by atoms with Gasteiger partial charge in [-0.3, -0.25) is 0 Å².